The van der Waals surface area contributed by atoms with E-state index in [-0.39, 0.29) is 35.7 Å². The van der Waals surface area contributed by atoms with Crippen LogP contribution in [0.25, 0.3) is 44.5 Å². The number of benzene rings is 2. The number of imidazole rings is 2. The second-order valence-corrected chi connectivity index (χ2v) is 15.4. The molecular formula is C42H52N10O6. The Morgan fingerprint density at radius 3 is 1.97 bits per heavy atom. The molecule has 16 nitrogen and oxygen atoms in total. The quantitative estimate of drug-likeness (QED) is 0.109. The van der Waals surface area contributed by atoms with Gasteiger partial charge in [0.05, 0.1) is 60.4 Å². The van der Waals surface area contributed by atoms with E-state index in [1.54, 1.807) is 6.20 Å². The Morgan fingerprint density at radius 2 is 1.36 bits per heavy atom. The lowest BCUT2D eigenvalue weighted by Crippen LogP contribution is -2.51. The van der Waals surface area contributed by atoms with Gasteiger partial charge in [0.1, 0.15) is 23.7 Å². The number of aromatic nitrogens is 6. The van der Waals surface area contributed by atoms with E-state index in [9.17, 15) is 19.2 Å². The number of aromatic amines is 2. The molecule has 16 heteroatoms. The summed E-state index contributed by atoms with van der Waals surface area (Å²) in [5.41, 5.74) is 5.57. The minimum Gasteiger partial charge on any atom is -0.453 e. The first kappa shape index (κ1) is 40.1. The Kier molecular flexibility index (Phi) is 11.9. The molecule has 5 heterocycles. The first-order chi connectivity index (χ1) is 28.0. The third-order valence-corrected chi connectivity index (χ3v) is 11.9. The summed E-state index contributed by atoms with van der Waals surface area (Å²) in [5.74, 6) is 0.978. The van der Waals surface area contributed by atoms with Crippen molar-refractivity contribution in [3.05, 3.63) is 60.3 Å². The predicted molar refractivity (Wildman–Crippen MR) is 217 cm³/mol. The van der Waals surface area contributed by atoms with E-state index in [0.29, 0.717) is 35.9 Å². The van der Waals surface area contributed by atoms with Crippen LogP contribution in [0.4, 0.5) is 9.59 Å². The lowest BCUT2D eigenvalue weighted by Gasteiger charge is -2.30. The van der Waals surface area contributed by atoms with Crippen molar-refractivity contribution >= 4 is 45.9 Å². The number of ether oxygens (including phenoxy) is 2. The molecule has 3 aromatic heterocycles. The van der Waals surface area contributed by atoms with Gasteiger partial charge in [-0.2, -0.15) is 0 Å². The first-order valence-corrected chi connectivity index (χ1v) is 20.2. The molecule has 0 bridgehead atoms. The fourth-order valence-corrected chi connectivity index (χ4v) is 8.07. The van der Waals surface area contributed by atoms with Crippen LogP contribution in [-0.2, 0) is 19.1 Å². The number of H-pyrrole nitrogens is 2. The van der Waals surface area contributed by atoms with Gasteiger partial charge >= 0.3 is 12.2 Å². The Hall–Kier alpha value is -6.06. The summed E-state index contributed by atoms with van der Waals surface area (Å²) in [6.07, 6.45) is 5.15. The van der Waals surface area contributed by atoms with Crippen molar-refractivity contribution in [3.8, 4) is 22.5 Å². The fourth-order valence-electron chi connectivity index (χ4n) is 8.07. The fraction of sp³-hybridized carbons (Fsp3) is 0.476. The van der Waals surface area contributed by atoms with Crippen LogP contribution in [0.3, 0.4) is 0 Å². The number of carbonyl (C=O) groups is 4. The number of nitrogens with zero attached hydrogens (tertiary/aromatic N) is 6. The standard InChI is InChI=1S/C42H52N10O6/c1-7-23(3)35(47-41(55)57-5)39(53)51-17-9-11-33(51)37-43-22-32(46-37)27-14-13-25-19-29(49-50-30(25)20-27)26-15-16-28-31(21-26)45-38(44-28)34-12-10-18-52(34)40(54)36(24(4)8-2)48-42(56)58-6/h13-16,19-24,33-36H,7-12,17-18H2,1-6H3,(H,43,46)(H,44,45)(H,47,55)(H,48,56)/t23-,24-,33+,34+,35+,36+/m1/s1. The van der Waals surface area contributed by atoms with Crippen LogP contribution >= 0.6 is 0 Å². The zero-order valence-corrected chi connectivity index (χ0v) is 33.9. The van der Waals surface area contributed by atoms with Crippen molar-refractivity contribution in [2.24, 2.45) is 11.8 Å². The van der Waals surface area contributed by atoms with Crippen LogP contribution in [0.15, 0.2) is 48.7 Å². The molecule has 2 fully saturated rings. The zero-order valence-electron chi connectivity index (χ0n) is 33.9. The summed E-state index contributed by atoms with van der Waals surface area (Å²) >= 11 is 0. The van der Waals surface area contributed by atoms with Crippen LogP contribution in [-0.4, -0.2) is 103 Å². The average molecular weight is 793 g/mol. The molecule has 4 amide bonds. The maximum atomic E-state index is 13.8. The van der Waals surface area contributed by atoms with Gasteiger partial charge in [-0.05, 0) is 61.8 Å². The van der Waals surface area contributed by atoms with E-state index in [2.05, 4.69) is 30.8 Å². The number of rotatable bonds is 12. The molecule has 58 heavy (non-hydrogen) atoms. The van der Waals surface area contributed by atoms with E-state index >= 15 is 0 Å². The molecule has 0 unspecified atom stereocenters. The topological polar surface area (TPSA) is 200 Å². The number of nitrogens with one attached hydrogen (secondary N) is 4. The Balaban J connectivity index is 1.07. The van der Waals surface area contributed by atoms with E-state index in [4.69, 9.17) is 19.4 Å². The number of amides is 4. The number of carbonyl (C=O) groups excluding carboxylic acids is 4. The Morgan fingerprint density at radius 1 is 0.759 bits per heavy atom. The van der Waals surface area contributed by atoms with E-state index in [1.807, 2.05) is 80.0 Å². The summed E-state index contributed by atoms with van der Waals surface area (Å²) in [5, 5.41) is 15.6. The second kappa shape index (κ2) is 17.2. The highest BCUT2D eigenvalue weighted by Gasteiger charge is 2.39. The number of hydrogen-bond acceptors (Lipinski definition) is 10. The largest absolute Gasteiger partial charge is 0.453 e. The van der Waals surface area contributed by atoms with Crippen molar-refractivity contribution < 1.29 is 28.7 Å². The lowest BCUT2D eigenvalue weighted by atomic mass is 9.97. The second-order valence-electron chi connectivity index (χ2n) is 15.4. The molecule has 4 N–H and O–H groups in total. The number of methoxy groups -OCH3 is 2. The van der Waals surface area contributed by atoms with Gasteiger partial charge in [-0.3, -0.25) is 9.59 Å². The van der Waals surface area contributed by atoms with Crippen LogP contribution in [0.1, 0.15) is 90.0 Å². The third kappa shape index (κ3) is 8.04. The number of likely N-dealkylation sites (tertiary alicyclic amines) is 2. The van der Waals surface area contributed by atoms with Crippen molar-refractivity contribution in [1.29, 1.82) is 0 Å². The van der Waals surface area contributed by atoms with Gasteiger partial charge in [-0.15, -0.1) is 10.2 Å². The maximum Gasteiger partial charge on any atom is 0.407 e. The van der Waals surface area contributed by atoms with Crippen molar-refractivity contribution in [1.82, 2.24) is 50.6 Å². The number of alkyl carbamates (subject to hydrolysis) is 2. The summed E-state index contributed by atoms with van der Waals surface area (Å²) in [7, 11) is 2.59. The highest BCUT2D eigenvalue weighted by atomic mass is 16.5. The average Bonchev–Trinajstić information content (AvgIpc) is 4.09. The van der Waals surface area contributed by atoms with Gasteiger partial charge in [-0.25, -0.2) is 19.6 Å². The Bertz CT molecular complexity index is 2310. The van der Waals surface area contributed by atoms with Gasteiger partial charge in [0.15, 0.2) is 0 Å². The first-order valence-electron chi connectivity index (χ1n) is 20.2. The molecule has 5 aromatic rings. The summed E-state index contributed by atoms with van der Waals surface area (Å²) in [4.78, 5) is 71.8. The molecule has 2 aliphatic rings. The van der Waals surface area contributed by atoms with E-state index < -0.39 is 24.3 Å². The molecule has 2 aromatic carbocycles. The Labute approximate surface area is 336 Å². The number of fused-ring (bicyclic) bond motifs is 2. The van der Waals surface area contributed by atoms with Crippen LogP contribution in [0, 0.1) is 11.8 Å². The summed E-state index contributed by atoms with van der Waals surface area (Å²) < 4.78 is 9.61. The molecular weight excluding hydrogens is 741 g/mol. The SMILES string of the molecule is CC[C@@H](C)[C@H](NC(=O)OC)C(=O)N1CCC[C@H]1c1ncc(-c2ccc3cc(-c4ccc5nc([C@@H]6CCCN6C(=O)[C@@H](NC(=O)OC)[C@H](C)CC)[nH]c5c4)nnc3c2)[nH]1. The van der Waals surface area contributed by atoms with Gasteiger partial charge in [0.25, 0.3) is 0 Å². The molecule has 0 saturated carbocycles. The minimum absolute atomic E-state index is 0.0697. The van der Waals surface area contributed by atoms with Gasteiger partial charge in [0.2, 0.25) is 11.8 Å². The highest BCUT2D eigenvalue weighted by Crippen LogP contribution is 2.35. The third-order valence-electron chi connectivity index (χ3n) is 11.9. The van der Waals surface area contributed by atoms with Crippen LogP contribution < -0.4 is 10.6 Å². The summed E-state index contributed by atoms with van der Waals surface area (Å²) in [6, 6.07) is 12.0. The maximum absolute atomic E-state index is 13.8. The van der Waals surface area contributed by atoms with Crippen molar-refractivity contribution in [3.63, 3.8) is 0 Å². The normalized spacial score (nSPS) is 18.9. The van der Waals surface area contributed by atoms with E-state index in [1.165, 1.54) is 14.2 Å². The summed E-state index contributed by atoms with van der Waals surface area (Å²) in [6.45, 7) is 9.03. The van der Waals surface area contributed by atoms with Crippen molar-refractivity contribution in [2.45, 2.75) is 90.4 Å². The molecule has 0 spiro atoms. The highest BCUT2D eigenvalue weighted by molar-refractivity contribution is 5.89. The van der Waals surface area contributed by atoms with Gasteiger partial charge in [-0.1, -0.05) is 58.7 Å². The zero-order chi connectivity index (χ0) is 41.1. The molecule has 2 saturated heterocycles. The predicted octanol–water partition coefficient (Wildman–Crippen LogP) is 6.43. The van der Waals surface area contributed by atoms with Crippen molar-refractivity contribution in [2.75, 3.05) is 27.3 Å². The smallest absolute Gasteiger partial charge is 0.407 e. The molecule has 6 atom stereocenters. The minimum atomic E-state index is -0.694. The van der Waals surface area contributed by atoms with Crippen LogP contribution in [0.2, 0.25) is 0 Å². The molecule has 7 rings (SSSR count). The van der Waals surface area contributed by atoms with Gasteiger partial charge < -0.3 is 39.9 Å². The lowest BCUT2D eigenvalue weighted by molar-refractivity contribution is -0.136. The molecule has 0 radical (unpaired) electrons. The molecule has 306 valence electrons. The molecule has 2 aliphatic heterocycles. The van der Waals surface area contributed by atoms with Crippen LogP contribution in [0.5, 0.6) is 0 Å². The van der Waals surface area contributed by atoms with Gasteiger partial charge in [0, 0.05) is 29.6 Å². The van der Waals surface area contributed by atoms with E-state index in [0.717, 1.165) is 71.8 Å². The molecule has 0 aliphatic carbocycles. The monoisotopic (exact) mass is 792 g/mol. The number of hydrogen-bond donors (Lipinski definition) is 4.